The van der Waals surface area contributed by atoms with E-state index in [1.54, 1.807) is 7.11 Å². The number of esters is 1. The van der Waals surface area contributed by atoms with Gasteiger partial charge in [-0.3, -0.25) is 9.00 Å². The van der Waals surface area contributed by atoms with Crippen LogP contribution >= 0.6 is 0 Å². The van der Waals surface area contributed by atoms with Crippen molar-refractivity contribution in [2.45, 2.75) is 12.8 Å². The maximum Gasteiger partial charge on any atom is 0.306 e. The first kappa shape index (κ1) is 12.6. The number of hydrogen-bond acceptors (Lipinski definition) is 4. The maximum absolute atomic E-state index is 11.2. The van der Waals surface area contributed by atoms with Gasteiger partial charge in [-0.05, 0) is 6.42 Å². The molecule has 0 radical (unpaired) electrons. The molecule has 0 heterocycles. The van der Waals surface area contributed by atoms with Gasteiger partial charge in [0.1, 0.15) is 0 Å². The molecule has 4 nitrogen and oxygen atoms in total. The molecule has 1 atom stereocenters. The van der Waals surface area contributed by atoms with Crippen LogP contribution in [0.2, 0.25) is 0 Å². The van der Waals surface area contributed by atoms with E-state index in [0.717, 1.165) is 6.42 Å². The summed E-state index contributed by atoms with van der Waals surface area (Å²) in [5, 5.41) is 0. The molecular formula is C8H16O4S. The molecule has 0 fully saturated rings. The van der Waals surface area contributed by atoms with Crippen LogP contribution in [-0.2, 0) is 25.1 Å². The highest BCUT2D eigenvalue weighted by Gasteiger charge is 2.04. The van der Waals surface area contributed by atoms with E-state index in [-0.39, 0.29) is 12.4 Å². The molecule has 0 aromatic rings. The summed E-state index contributed by atoms with van der Waals surface area (Å²) in [7, 11) is 2.01. The van der Waals surface area contributed by atoms with E-state index in [0.29, 0.717) is 18.1 Å². The third-order valence-electron chi connectivity index (χ3n) is 1.48. The molecule has 78 valence electrons. The fraction of sp³-hybridized carbons (Fsp3) is 0.875. The Hall–Kier alpha value is -0.420. The SMILES string of the molecule is COCCCS(=O)CCC(=O)OC. The first-order chi connectivity index (χ1) is 6.20. The van der Waals surface area contributed by atoms with Crippen LogP contribution in [0.5, 0.6) is 0 Å². The summed E-state index contributed by atoms with van der Waals surface area (Å²) in [5.74, 6) is 0.668. The molecule has 0 aliphatic rings. The highest BCUT2D eigenvalue weighted by atomic mass is 32.2. The maximum atomic E-state index is 11.2. The second-order valence-corrected chi connectivity index (χ2v) is 4.22. The molecule has 13 heavy (non-hydrogen) atoms. The third kappa shape index (κ3) is 7.93. The van der Waals surface area contributed by atoms with Gasteiger partial charge in [-0.1, -0.05) is 0 Å². The summed E-state index contributed by atoms with van der Waals surface area (Å²) >= 11 is 0. The Kier molecular flexibility index (Phi) is 7.93. The van der Waals surface area contributed by atoms with Gasteiger partial charge < -0.3 is 9.47 Å². The Morgan fingerprint density at radius 3 is 2.54 bits per heavy atom. The standard InChI is InChI=1S/C8H16O4S/c1-11-5-3-6-13(10)7-4-8(9)12-2/h3-7H2,1-2H3. The van der Waals surface area contributed by atoms with E-state index >= 15 is 0 Å². The van der Waals surface area contributed by atoms with Crippen molar-refractivity contribution in [3.63, 3.8) is 0 Å². The van der Waals surface area contributed by atoms with E-state index in [4.69, 9.17) is 4.74 Å². The number of rotatable bonds is 7. The van der Waals surface area contributed by atoms with Gasteiger partial charge in [-0.15, -0.1) is 0 Å². The third-order valence-corrected chi connectivity index (χ3v) is 2.89. The smallest absolute Gasteiger partial charge is 0.306 e. The zero-order chi connectivity index (χ0) is 10.1. The zero-order valence-electron chi connectivity index (χ0n) is 8.08. The fourth-order valence-electron chi connectivity index (χ4n) is 0.766. The van der Waals surface area contributed by atoms with E-state index in [1.165, 1.54) is 7.11 Å². The van der Waals surface area contributed by atoms with Gasteiger partial charge in [0, 0.05) is 36.0 Å². The normalized spacial score (nSPS) is 12.5. The van der Waals surface area contributed by atoms with Crippen molar-refractivity contribution in [1.29, 1.82) is 0 Å². The monoisotopic (exact) mass is 208 g/mol. The highest BCUT2D eigenvalue weighted by molar-refractivity contribution is 7.84. The van der Waals surface area contributed by atoms with Crippen molar-refractivity contribution in [3.8, 4) is 0 Å². The molecule has 0 aromatic carbocycles. The van der Waals surface area contributed by atoms with Gasteiger partial charge >= 0.3 is 5.97 Å². The molecule has 0 aliphatic carbocycles. The van der Waals surface area contributed by atoms with Gasteiger partial charge in [0.15, 0.2) is 0 Å². The van der Waals surface area contributed by atoms with Crippen molar-refractivity contribution in [2.75, 3.05) is 32.3 Å². The molecule has 0 spiro atoms. The molecule has 5 heteroatoms. The molecule has 0 saturated carbocycles. The van der Waals surface area contributed by atoms with Crippen molar-refractivity contribution >= 4 is 16.8 Å². The number of ether oxygens (including phenoxy) is 2. The first-order valence-electron chi connectivity index (χ1n) is 4.11. The average Bonchev–Trinajstić information content (AvgIpc) is 2.14. The van der Waals surface area contributed by atoms with Crippen LogP contribution < -0.4 is 0 Å². The van der Waals surface area contributed by atoms with Crippen LogP contribution in [0.3, 0.4) is 0 Å². The number of methoxy groups -OCH3 is 2. The van der Waals surface area contributed by atoms with E-state index < -0.39 is 10.8 Å². The average molecular weight is 208 g/mol. The Bertz CT molecular complexity index is 170. The van der Waals surface area contributed by atoms with E-state index in [1.807, 2.05) is 0 Å². The van der Waals surface area contributed by atoms with Crippen molar-refractivity contribution < 1.29 is 18.5 Å². The minimum atomic E-state index is -0.925. The minimum absolute atomic E-state index is 0.232. The minimum Gasteiger partial charge on any atom is -0.469 e. The van der Waals surface area contributed by atoms with Crippen LogP contribution in [0, 0.1) is 0 Å². The largest absolute Gasteiger partial charge is 0.469 e. The lowest BCUT2D eigenvalue weighted by Gasteiger charge is -2.00. The Labute approximate surface area is 81.1 Å². The van der Waals surface area contributed by atoms with Crippen LogP contribution in [-0.4, -0.2) is 42.5 Å². The second-order valence-electron chi connectivity index (χ2n) is 2.52. The quantitative estimate of drug-likeness (QED) is 0.447. The van der Waals surface area contributed by atoms with Gasteiger partial charge in [0.25, 0.3) is 0 Å². The van der Waals surface area contributed by atoms with Crippen molar-refractivity contribution in [1.82, 2.24) is 0 Å². The van der Waals surface area contributed by atoms with Gasteiger partial charge in [0.05, 0.1) is 13.5 Å². The molecule has 0 aliphatic heterocycles. The number of carbonyl (C=O) groups excluding carboxylic acids is 1. The van der Waals surface area contributed by atoms with E-state index in [2.05, 4.69) is 4.74 Å². The fourth-order valence-corrected chi connectivity index (χ4v) is 1.80. The van der Waals surface area contributed by atoms with Crippen molar-refractivity contribution in [2.24, 2.45) is 0 Å². The molecule has 0 N–H and O–H groups in total. The topological polar surface area (TPSA) is 52.6 Å². The summed E-state index contributed by atoms with van der Waals surface area (Å²) in [6.45, 7) is 0.615. The van der Waals surface area contributed by atoms with Crippen molar-refractivity contribution in [3.05, 3.63) is 0 Å². The predicted octanol–water partition coefficient (Wildman–Crippen LogP) is 0.335. The summed E-state index contributed by atoms with van der Waals surface area (Å²) in [6.07, 6.45) is 1.00. The lowest BCUT2D eigenvalue weighted by atomic mass is 10.5. The summed E-state index contributed by atoms with van der Waals surface area (Å²) in [5.41, 5.74) is 0. The Morgan fingerprint density at radius 2 is 2.00 bits per heavy atom. The molecule has 0 rings (SSSR count). The molecule has 0 aromatic heterocycles. The zero-order valence-corrected chi connectivity index (χ0v) is 8.89. The van der Waals surface area contributed by atoms with Gasteiger partial charge in [-0.2, -0.15) is 0 Å². The lowest BCUT2D eigenvalue weighted by molar-refractivity contribution is -0.140. The molecule has 0 amide bonds. The molecule has 0 bridgehead atoms. The molecule has 0 saturated heterocycles. The molecule has 1 unspecified atom stereocenters. The van der Waals surface area contributed by atoms with Gasteiger partial charge in [-0.25, -0.2) is 0 Å². The summed E-state index contributed by atoms with van der Waals surface area (Å²) < 4.78 is 20.4. The van der Waals surface area contributed by atoms with Crippen LogP contribution in [0.1, 0.15) is 12.8 Å². The Morgan fingerprint density at radius 1 is 1.31 bits per heavy atom. The van der Waals surface area contributed by atoms with E-state index in [9.17, 15) is 9.00 Å². The first-order valence-corrected chi connectivity index (χ1v) is 5.60. The number of carbonyl (C=O) groups is 1. The Balaban J connectivity index is 3.35. The summed E-state index contributed by atoms with van der Waals surface area (Å²) in [6, 6.07) is 0. The second kappa shape index (κ2) is 8.19. The van der Waals surface area contributed by atoms with Crippen LogP contribution in [0.25, 0.3) is 0 Å². The van der Waals surface area contributed by atoms with Crippen LogP contribution in [0.4, 0.5) is 0 Å². The summed E-state index contributed by atoms with van der Waals surface area (Å²) in [4.78, 5) is 10.7. The predicted molar refractivity (Wildman–Crippen MR) is 51.0 cm³/mol. The molecular weight excluding hydrogens is 192 g/mol. The lowest BCUT2D eigenvalue weighted by Crippen LogP contribution is -2.10. The highest BCUT2D eigenvalue weighted by Crippen LogP contribution is 1.93. The number of hydrogen-bond donors (Lipinski definition) is 0. The van der Waals surface area contributed by atoms with Gasteiger partial charge in [0.2, 0.25) is 0 Å². The van der Waals surface area contributed by atoms with Crippen LogP contribution in [0.15, 0.2) is 0 Å².